The lowest BCUT2D eigenvalue weighted by Crippen LogP contribution is -2.24. The summed E-state index contributed by atoms with van der Waals surface area (Å²) in [5, 5.41) is 0. The van der Waals surface area contributed by atoms with Gasteiger partial charge in [0.1, 0.15) is 0 Å². The molecule has 0 saturated heterocycles. The number of rotatable bonds is 10. The minimum atomic E-state index is -0.279. The van der Waals surface area contributed by atoms with Crippen molar-refractivity contribution >= 4 is 18.6 Å². The van der Waals surface area contributed by atoms with Crippen LogP contribution in [0.1, 0.15) is 101 Å². The van der Waals surface area contributed by atoms with E-state index in [1.165, 1.54) is 68.1 Å². The van der Waals surface area contributed by atoms with E-state index in [0.717, 1.165) is 49.2 Å². The van der Waals surface area contributed by atoms with Crippen LogP contribution in [0.15, 0.2) is 30.4 Å². The lowest BCUT2D eigenvalue weighted by atomic mass is 9.68. The average Bonchev–Trinajstić information content (AvgIpc) is 2.81. The van der Waals surface area contributed by atoms with Gasteiger partial charge in [0.05, 0.1) is 6.61 Å². The maximum atomic E-state index is 11.6. The molecule has 1 aromatic rings. The smallest absolute Gasteiger partial charge is 0.333 e. The van der Waals surface area contributed by atoms with E-state index in [2.05, 4.69) is 44.3 Å². The Bertz CT molecular complexity index is 740. The summed E-state index contributed by atoms with van der Waals surface area (Å²) in [4.78, 5) is 11.6. The van der Waals surface area contributed by atoms with Crippen molar-refractivity contribution in [2.75, 3.05) is 12.4 Å². The molecule has 2 nitrogen and oxygen atoms in total. The summed E-state index contributed by atoms with van der Waals surface area (Å²) in [6.45, 7) is 8.25. The maximum absolute atomic E-state index is 11.6. The standard InChI is InChI=1S/C29H44O2S/c1-21(2)29(30)31-18-4-6-27-20-28(17-16-23(27)7-5-19-32)26-14-12-25(13-15-26)24-10-8-22(3)9-11-24/h16-17,20,22,24-26,32H,1,4-15,18-19H2,2-3H3. The zero-order valence-electron chi connectivity index (χ0n) is 20.4. The number of benzene rings is 1. The first-order valence-corrected chi connectivity index (χ1v) is 13.7. The van der Waals surface area contributed by atoms with Gasteiger partial charge < -0.3 is 4.74 Å². The fourth-order valence-corrected chi connectivity index (χ4v) is 6.04. The Kier molecular flexibility index (Phi) is 10.2. The van der Waals surface area contributed by atoms with Gasteiger partial charge in [-0.2, -0.15) is 12.6 Å². The molecule has 0 atom stereocenters. The van der Waals surface area contributed by atoms with Gasteiger partial charge in [-0.05, 0) is 117 Å². The summed E-state index contributed by atoms with van der Waals surface area (Å²) in [6, 6.07) is 7.23. The molecule has 3 heteroatoms. The van der Waals surface area contributed by atoms with Gasteiger partial charge in [-0.25, -0.2) is 4.79 Å². The second-order valence-corrected chi connectivity index (χ2v) is 11.0. The van der Waals surface area contributed by atoms with Gasteiger partial charge in [0, 0.05) is 5.57 Å². The number of ether oxygens (including phenoxy) is 1. The molecule has 2 aliphatic carbocycles. The second-order valence-electron chi connectivity index (χ2n) is 10.5. The summed E-state index contributed by atoms with van der Waals surface area (Å²) in [6.07, 6.45) is 15.4. The predicted octanol–water partition coefficient (Wildman–Crippen LogP) is 7.70. The number of aryl methyl sites for hydroxylation is 2. The number of carbonyl (C=O) groups is 1. The number of esters is 1. The van der Waals surface area contributed by atoms with Gasteiger partial charge in [-0.15, -0.1) is 0 Å². The molecular formula is C29H44O2S. The maximum Gasteiger partial charge on any atom is 0.333 e. The van der Waals surface area contributed by atoms with Crippen LogP contribution < -0.4 is 0 Å². The van der Waals surface area contributed by atoms with Crippen molar-refractivity contribution in [2.24, 2.45) is 17.8 Å². The Morgan fingerprint density at radius 1 is 0.969 bits per heavy atom. The summed E-state index contributed by atoms with van der Waals surface area (Å²) in [5.74, 6) is 4.27. The lowest BCUT2D eigenvalue weighted by molar-refractivity contribution is -0.139. The molecule has 0 aliphatic heterocycles. The van der Waals surface area contributed by atoms with Crippen molar-refractivity contribution in [1.29, 1.82) is 0 Å². The molecule has 0 bridgehead atoms. The van der Waals surface area contributed by atoms with Gasteiger partial charge in [0.15, 0.2) is 0 Å². The largest absolute Gasteiger partial charge is 0.462 e. The Labute approximate surface area is 202 Å². The predicted molar refractivity (Wildman–Crippen MR) is 139 cm³/mol. The first-order valence-electron chi connectivity index (χ1n) is 13.0. The van der Waals surface area contributed by atoms with Crippen LogP contribution in [-0.2, 0) is 22.4 Å². The van der Waals surface area contributed by atoms with Crippen LogP contribution in [0.2, 0.25) is 0 Å². The van der Waals surface area contributed by atoms with Crippen molar-refractivity contribution in [3.05, 3.63) is 47.0 Å². The fourth-order valence-electron chi connectivity index (χ4n) is 5.88. The molecule has 3 rings (SSSR count). The van der Waals surface area contributed by atoms with Crippen LogP contribution in [0.4, 0.5) is 0 Å². The van der Waals surface area contributed by atoms with E-state index in [1.54, 1.807) is 6.92 Å². The Morgan fingerprint density at radius 3 is 2.22 bits per heavy atom. The van der Waals surface area contributed by atoms with Gasteiger partial charge in [-0.3, -0.25) is 0 Å². The molecule has 2 saturated carbocycles. The van der Waals surface area contributed by atoms with E-state index >= 15 is 0 Å². The third-order valence-corrected chi connectivity index (χ3v) is 8.29. The van der Waals surface area contributed by atoms with Gasteiger partial charge in [0.25, 0.3) is 0 Å². The number of carbonyl (C=O) groups excluding carboxylic acids is 1. The van der Waals surface area contributed by atoms with Crippen LogP contribution in [0.3, 0.4) is 0 Å². The highest BCUT2D eigenvalue weighted by Crippen LogP contribution is 2.44. The first-order chi connectivity index (χ1) is 15.5. The Balaban J connectivity index is 1.57. The van der Waals surface area contributed by atoms with Crippen LogP contribution in [0, 0.1) is 17.8 Å². The van der Waals surface area contributed by atoms with Gasteiger partial charge in [0.2, 0.25) is 0 Å². The average molecular weight is 457 g/mol. The molecule has 0 heterocycles. The van der Waals surface area contributed by atoms with Crippen LogP contribution in [0.5, 0.6) is 0 Å². The van der Waals surface area contributed by atoms with E-state index in [1.807, 2.05) is 0 Å². The molecule has 178 valence electrons. The Morgan fingerprint density at radius 2 is 1.59 bits per heavy atom. The number of hydrogen-bond donors (Lipinski definition) is 1. The molecule has 1 aromatic carbocycles. The summed E-state index contributed by atoms with van der Waals surface area (Å²) in [5.41, 5.74) is 4.89. The third kappa shape index (κ3) is 7.40. The minimum absolute atomic E-state index is 0.279. The van der Waals surface area contributed by atoms with Crippen LogP contribution in [0.25, 0.3) is 0 Å². The highest BCUT2D eigenvalue weighted by molar-refractivity contribution is 7.80. The molecule has 2 aliphatic rings. The normalized spacial score (nSPS) is 26.0. The second kappa shape index (κ2) is 12.9. The monoisotopic (exact) mass is 456 g/mol. The minimum Gasteiger partial charge on any atom is -0.462 e. The molecule has 32 heavy (non-hydrogen) atoms. The quantitative estimate of drug-likeness (QED) is 0.169. The number of hydrogen-bond acceptors (Lipinski definition) is 3. The molecule has 0 amide bonds. The molecule has 0 radical (unpaired) electrons. The molecule has 0 unspecified atom stereocenters. The zero-order valence-corrected chi connectivity index (χ0v) is 21.3. The summed E-state index contributed by atoms with van der Waals surface area (Å²) < 4.78 is 5.32. The Hall–Kier alpha value is -1.22. The highest BCUT2D eigenvalue weighted by atomic mass is 32.1. The number of thiol groups is 1. The van der Waals surface area contributed by atoms with E-state index in [4.69, 9.17) is 4.74 Å². The topological polar surface area (TPSA) is 26.3 Å². The van der Waals surface area contributed by atoms with Crippen molar-refractivity contribution in [1.82, 2.24) is 0 Å². The van der Waals surface area contributed by atoms with E-state index in [0.29, 0.717) is 18.1 Å². The molecule has 0 N–H and O–H groups in total. The van der Waals surface area contributed by atoms with Crippen molar-refractivity contribution in [2.45, 2.75) is 96.8 Å². The highest BCUT2D eigenvalue weighted by Gasteiger charge is 2.30. The first kappa shape index (κ1) is 25.4. The van der Waals surface area contributed by atoms with Gasteiger partial charge >= 0.3 is 5.97 Å². The van der Waals surface area contributed by atoms with Crippen molar-refractivity contribution < 1.29 is 9.53 Å². The molecule has 2 fully saturated rings. The van der Waals surface area contributed by atoms with Crippen LogP contribution >= 0.6 is 12.6 Å². The molecule has 0 spiro atoms. The molecule has 0 aromatic heterocycles. The molecular weight excluding hydrogens is 412 g/mol. The SMILES string of the molecule is C=C(C)C(=O)OCCCc1cc(C2CCC(C3CCC(C)CC3)CC2)ccc1CCCS. The van der Waals surface area contributed by atoms with E-state index in [-0.39, 0.29) is 5.97 Å². The van der Waals surface area contributed by atoms with Crippen LogP contribution in [-0.4, -0.2) is 18.3 Å². The van der Waals surface area contributed by atoms with Crippen molar-refractivity contribution in [3.63, 3.8) is 0 Å². The zero-order chi connectivity index (χ0) is 22.9. The summed E-state index contributed by atoms with van der Waals surface area (Å²) >= 11 is 4.41. The lowest BCUT2D eigenvalue weighted by Gasteiger charge is -2.37. The van der Waals surface area contributed by atoms with Gasteiger partial charge in [-0.1, -0.05) is 44.5 Å². The third-order valence-electron chi connectivity index (χ3n) is 7.98. The van der Waals surface area contributed by atoms with E-state index < -0.39 is 0 Å². The van der Waals surface area contributed by atoms with Crippen molar-refractivity contribution in [3.8, 4) is 0 Å². The fraction of sp³-hybridized carbons (Fsp3) is 0.690. The van der Waals surface area contributed by atoms with E-state index in [9.17, 15) is 4.79 Å². The summed E-state index contributed by atoms with van der Waals surface area (Å²) in [7, 11) is 0.